The molecule has 0 aliphatic rings. The molecule has 2 N–H and O–H groups in total. The number of hydrogen-bond acceptors (Lipinski definition) is 4. The molecule has 0 radical (unpaired) electrons. The van der Waals surface area contributed by atoms with Gasteiger partial charge in [-0.15, -0.1) is 4.73 Å². The number of carbonyl (C=O) groups excluding carboxylic acids is 1. The van der Waals surface area contributed by atoms with E-state index in [0.29, 0.717) is 4.73 Å². The number of aromatic nitrogens is 1. The molecule has 0 aliphatic heterocycles. The van der Waals surface area contributed by atoms with Gasteiger partial charge in [0.2, 0.25) is 11.8 Å². The van der Waals surface area contributed by atoms with E-state index in [1.54, 1.807) is 13.8 Å². The fourth-order valence-corrected chi connectivity index (χ4v) is 0.847. The smallest absolute Gasteiger partial charge is 0.356 e. The molecule has 0 unspecified atom stereocenters. The molecule has 5 nitrogen and oxygen atoms in total. The maximum atomic E-state index is 11.1. The van der Waals surface area contributed by atoms with Crippen LogP contribution in [0, 0.1) is 0 Å². The highest BCUT2D eigenvalue weighted by molar-refractivity contribution is 5.83. The van der Waals surface area contributed by atoms with Gasteiger partial charge in [0.15, 0.2) is 0 Å². The molecular weight excluding hydrogens is 186 g/mol. The van der Waals surface area contributed by atoms with E-state index in [-0.39, 0.29) is 11.8 Å². The lowest BCUT2D eigenvalue weighted by Gasteiger charge is -2.04. The summed E-state index contributed by atoms with van der Waals surface area (Å²) in [7, 11) is 0. The average molecular weight is 197 g/mol. The van der Waals surface area contributed by atoms with Crippen molar-refractivity contribution in [2.24, 2.45) is 0 Å². The second-order valence-corrected chi connectivity index (χ2v) is 2.98. The molecule has 0 spiro atoms. The Kier molecular flexibility index (Phi) is 2.81. The third kappa shape index (κ3) is 2.29. The van der Waals surface area contributed by atoms with Crippen molar-refractivity contribution in [3.8, 4) is 11.8 Å². The lowest BCUT2D eigenvalue weighted by molar-refractivity contribution is -0.139. The first-order valence-electron chi connectivity index (χ1n) is 3.97. The number of aromatic hydroxyl groups is 2. The van der Waals surface area contributed by atoms with Crippen LogP contribution in [0.15, 0.2) is 23.8 Å². The zero-order valence-electron chi connectivity index (χ0n) is 7.89. The van der Waals surface area contributed by atoms with Gasteiger partial charge in [-0.3, -0.25) is 0 Å². The normalized spacial score (nSPS) is 9.57. The molecule has 1 aromatic heterocycles. The highest BCUT2D eigenvalue weighted by Crippen LogP contribution is 2.18. The Labute approximate surface area is 80.8 Å². The van der Waals surface area contributed by atoms with Crippen LogP contribution in [0.1, 0.15) is 13.8 Å². The second-order valence-electron chi connectivity index (χ2n) is 2.98. The van der Waals surface area contributed by atoms with Crippen molar-refractivity contribution in [2.75, 3.05) is 0 Å². The summed E-state index contributed by atoms with van der Waals surface area (Å²) in [6, 6.07) is 2.43. The zero-order valence-corrected chi connectivity index (χ0v) is 7.89. The van der Waals surface area contributed by atoms with Crippen molar-refractivity contribution < 1.29 is 19.8 Å². The maximum absolute atomic E-state index is 11.1. The summed E-state index contributed by atoms with van der Waals surface area (Å²) < 4.78 is 0.641. The number of nitrogens with zero attached hydrogens (tertiary/aromatic N) is 1. The van der Waals surface area contributed by atoms with Crippen LogP contribution in [-0.4, -0.2) is 20.9 Å². The molecule has 0 aliphatic carbocycles. The van der Waals surface area contributed by atoms with Crippen LogP contribution in [0.5, 0.6) is 11.8 Å². The summed E-state index contributed by atoms with van der Waals surface area (Å²) in [5.41, 5.74) is 0.765. The van der Waals surface area contributed by atoms with Crippen molar-refractivity contribution in [1.29, 1.82) is 0 Å². The molecule has 0 bridgehead atoms. The van der Waals surface area contributed by atoms with E-state index < -0.39 is 5.97 Å². The lowest BCUT2D eigenvalue weighted by atomic mass is 10.3. The van der Waals surface area contributed by atoms with E-state index in [2.05, 4.69) is 4.84 Å². The Morgan fingerprint density at radius 1 is 1.36 bits per heavy atom. The highest BCUT2D eigenvalue weighted by atomic mass is 16.7. The van der Waals surface area contributed by atoms with Crippen molar-refractivity contribution in [3.63, 3.8) is 0 Å². The van der Waals surface area contributed by atoms with Gasteiger partial charge in [-0.2, -0.15) is 0 Å². The molecule has 0 saturated heterocycles. The van der Waals surface area contributed by atoms with Crippen LogP contribution in [-0.2, 0) is 4.79 Å². The van der Waals surface area contributed by atoms with Gasteiger partial charge in [-0.25, -0.2) is 4.79 Å². The minimum absolute atomic E-state index is 0.335. The van der Waals surface area contributed by atoms with Crippen LogP contribution in [0.2, 0.25) is 0 Å². The minimum atomic E-state index is -0.660. The van der Waals surface area contributed by atoms with Gasteiger partial charge in [-0.05, 0) is 13.8 Å². The lowest BCUT2D eigenvalue weighted by Crippen LogP contribution is -2.16. The Morgan fingerprint density at radius 3 is 2.29 bits per heavy atom. The van der Waals surface area contributed by atoms with Gasteiger partial charge in [-0.1, -0.05) is 5.57 Å². The molecule has 0 amide bonds. The van der Waals surface area contributed by atoms with Gasteiger partial charge in [0.25, 0.3) is 0 Å². The zero-order chi connectivity index (χ0) is 10.7. The van der Waals surface area contributed by atoms with Gasteiger partial charge in [0.1, 0.15) is 0 Å². The van der Waals surface area contributed by atoms with Crippen LogP contribution in [0.25, 0.3) is 0 Å². The SMILES string of the molecule is CC(C)=CC(=O)On1c(O)ccc1O. The summed E-state index contributed by atoms with van der Waals surface area (Å²) in [4.78, 5) is 15.7. The van der Waals surface area contributed by atoms with Crippen molar-refractivity contribution >= 4 is 5.97 Å². The summed E-state index contributed by atoms with van der Waals surface area (Å²) in [6.07, 6.45) is 1.25. The van der Waals surface area contributed by atoms with Crippen LogP contribution in [0.3, 0.4) is 0 Å². The van der Waals surface area contributed by atoms with E-state index in [1.165, 1.54) is 18.2 Å². The van der Waals surface area contributed by atoms with Crippen molar-refractivity contribution in [3.05, 3.63) is 23.8 Å². The third-order valence-corrected chi connectivity index (χ3v) is 1.39. The Hall–Kier alpha value is -1.91. The fraction of sp³-hybridized carbons (Fsp3) is 0.222. The number of allylic oxidation sites excluding steroid dienone is 1. The Bertz CT molecular complexity index is 355. The molecule has 0 aromatic carbocycles. The molecular formula is C9H11NO4. The van der Waals surface area contributed by atoms with Crippen molar-refractivity contribution in [1.82, 2.24) is 4.73 Å². The molecule has 0 atom stereocenters. The Balaban J connectivity index is 2.79. The maximum Gasteiger partial charge on any atom is 0.356 e. The Morgan fingerprint density at radius 2 is 1.86 bits per heavy atom. The first-order chi connectivity index (χ1) is 6.50. The molecule has 14 heavy (non-hydrogen) atoms. The summed E-state index contributed by atoms with van der Waals surface area (Å²) in [5, 5.41) is 18.2. The molecule has 1 heterocycles. The topological polar surface area (TPSA) is 71.7 Å². The number of rotatable bonds is 2. The van der Waals surface area contributed by atoms with Gasteiger partial charge in [0, 0.05) is 18.2 Å². The van der Waals surface area contributed by atoms with Crippen LogP contribution in [0.4, 0.5) is 0 Å². The van der Waals surface area contributed by atoms with Gasteiger partial charge >= 0.3 is 5.97 Å². The molecule has 5 heteroatoms. The quantitative estimate of drug-likeness (QED) is 0.688. The largest absolute Gasteiger partial charge is 0.492 e. The van der Waals surface area contributed by atoms with Crippen LogP contribution >= 0.6 is 0 Å². The van der Waals surface area contributed by atoms with Crippen molar-refractivity contribution in [2.45, 2.75) is 13.8 Å². The standard InChI is InChI=1S/C9H11NO4/c1-6(2)5-9(13)14-10-7(11)3-4-8(10)12/h3-5,11-12H,1-2H3. The molecule has 0 fully saturated rings. The van der Waals surface area contributed by atoms with E-state index in [4.69, 9.17) is 10.2 Å². The first kappa shape index (κ1) is 10.2. The fourth-order valence-electron chi connectivity index (χ4n) is 0.847. The second kappa shape index (κ2) is 3.87. The number of carbonyl (C=O) groups is 1. The van der Waals surface area contributed by atoms with E-state index >= 15 is 0 Å². The van der Waals surface area contributed by atoms with E-state index in [0.717, 1.165) is 5.57 Å². The minimum Gasteiger partial charge on any atom is -0.492 e. The van der Waals surface area contributed by atoms with E-state index in [1.807, 2.05) is 0 Å². The molecule has 1 rings (SSSR count). The van der Waals surface area contributed by atoms with Crippen LogP contribution < -0.4 is 4.84 Å². The molecule has 1 aromatic rings. The first-order valence-corrected chi connectivity index (χ1v) is 3.97. The number of hydrogen-bond donors (Lipinski definition) is 2. The van der Waals surface area contributed by atoms with Gasteiger partial charge in [0.05, 0.1) is 0 Å². The summed E-state index contributed by atoms with van der Waals surface area (Å²) in [5.74, 6) is -1.33. The van der Waals surface area contributed by atoms with E-state index in [9.17, 15) is 4.79 Å². The summed E-state index contributed by atoms with van der Waals surface area (Å²) >= 11 is 0. The third-order valence-electron chi connectivity index (χ3n) is 1.39. The molecule has 76 valence electrons. The molecule has 0 saturated carbocycles. The predicted octanol–water partition coefficient (Wildman–Crippen LogP) is 0.821. The predicted molar refractivity (Wildman–Crippen MR) is 48.8 cm³/mol. The monoisotopic (exact) mass is 197 g/mol. The highest BCUT2D eigenvalue weighted by Gasteiger charge is 2.09. The summed E-state index contributed by atoms with van der Waals surface area (Å²) in [6.45, 7) is 3.47. The van der Waals surface area contributed by atoms with Gasteiger partial charge < -0.3 is 15.1 Å². The average Bonchev–Trinajstić information content (AvgIpc) is 2.34.